The molecule has 2 aliphatic rings. The van der Waals surface area contributed by atoms with E-state index in [0.29, 0.717) is 13.0 Å². The summed E-state index contributed by atoms with van der Waals surface area (Å²) in [4.78, 5) is 27.3. The van der Waals surface area contributed by atoms with E-state index in [1.165, 1.54) is 0 Å². The zero-order valence-electron chi connectivity index (χ0n) is 24.9. The monoisotopic (exact) mass is 544 g/mol. The van der Waals surface area contributed by atoms with Gasteiger partial charge in [0.25, 0.3) is 0 Å². The van der Waals surface area contributed by atoms with E-state index in [2.05, 4.69) is 73.0 Å². The number of aliphatic hydroxyl groups is 1. The number of amides is 3. The topological polar surface area (TPSA) is 97.3 Å². The number of ether oxygens (including phenoxy) is 1. The van der Waals surface area contributed by atoms with Crippen LogP contribution in [0.15, 0.2) is 0 Å². The molecule has 0 aromatic heterocycles. The Morgan fingerprint density at radius 1 is 1.08 bits per heavy atom. The van der Waals surface area contributed by atoms with Gasteiger partial charge >= 0.3 is 6.03 Å². The van der Waals surface area contributed by atoms with Crippen molar-refractivity contribution in [2.24, 2.45) is 11.3 Å². The Labute approximate surface area is 221 Å². The Hall–Kier alpha value is -0.786. The molecule has 0 radical (unpaired) electrons. The Balaban J connectivity index is 2.32. The van der Waals surface area contributed by atoms with Crippen LogP contribution >= 0.6 is 0 Å². The molecule has 8 nitrogen and oxygen atoms in total. The number of aliphatic hydroxyl groups excluding tert-OH is 1. The third-order valence-electron chi connectivity index (χ3n) is 8.98. The first-order valence-corrected chi connectivity index (χ1v) is 19.1. The number of nitrogens with one attached hydrogen (secondary N) is 1. The highest BCUT2D eigenvalue weighted by Gasteiger charge is 2.53. The summed E-state index contributed by atoms with van der Waals surface area (Å²) in [6.45, 7) is 28.0. The number of hydrogen-bond donors (Lipinski definition) is 2. The molecule has 0 aromatic carbocycles. The van der Waals surface area contributed by atoms with Gasteiger partial charge in [-0.1, -0.05) is 55.4 Å². The number of hydrogen-bond acceptors (Lipinski definition) is 6. The molecule has 0 bridgehead atoms. The van der Waals surface area contributed by atoms with Crippen LogP contribution in [0.1, 0.15) is 68.7 Å². The molecule has 2 heterocycles. The van der Waals surface area contributed by atoms with Crippen LogP contribution in [-0.2, 0) is 18.4 Å². The second-order valence-corrected chi connectivity index (χ2v) is 23.9. The van der Waals surface area contributed by atoms with Crippen LogP contribution in [0.5, 0.6) is 0 Å². The maximum Gasteiger partial charge on any atom is 0.326 e. The number of nitrogens with zero attached hydrogens (tertiary/aromatic N) is 1. The molecular weight excluding hydrogens is 492 g/mol. The minimum Gasteiger partial charge on any atom is -0.414 e. The van der Waals surface area contributed by atoms with Gasteiger partial charge < -0.3 is 18.7 Å². The minimum atomic E-state index is -2.13. The van der Waals surface area contributed by atoms with Gasteiger partial charge in [-0.15, -0.1) is 0 Å². The predicted molar refractivity (Wildman–Crippen MR) is 148 cm³/mol. The number of urea groups is 1. The molecule has 0 saturated carbocycles. The lowest BCUT2D eigenvalue weighted by molar-refractivity contribution is -0.148. The van der Waals surface area contributed by atoms with Crippen molar-refractivity contribution in [3.63, 3.8) is 0 Å². The lowest BCUT2D eigenvalue weighted by Gasteiger charge is -2.44. The van der Waals surface area contributed by atoms with E-state index >= 15 is 0 Å². The molecule has 0 aliphatic carbocycles. The Morgan fingerprint density at radius 2 is 1.61 bits per heavy atom. The third-order valence-corrected chi connectivity index (χ3v) is 18.0. The quantitative estimate of drug-likeness (QED) is 0.413. The van der Waals surface area contributed by atoms with Gasteiger partial charge in [0.1, 0.15) is 12.3 Å². The number of carbonyl (C=O) groups is 2. The summed E-state index contributed by atoms with van der Waals surface area (Å²) in [5.41, 5.74) is -1.13. The fraction of sp³-hybridized carbons (Fsp3) is 0.923. The van der Waals surface area contributed by atoms with Crippen LogP contribution < -0.4 is 5.32 Å². The molecule has 2 fully saturated rings. The summed E-state index contributed by atoms with van der Waals surface area (Å²) in [5.74, 6) is -0.587. The molecule has 36 heavy (non-hydrogen) atoms. The maximum atomic E-state index is 13.0. The first-order valence-electron chi connectivity index (χ1n) is 13.3. The van der Waals surface area contributed by atoms with Crippen molar-refractivity contribution >= 4 is 28.6 Å². The fourth-order valence-corrected chi connectivity index (χ4v) is 6.61. The van der Waals surface area contributed by atoms with Crippen LogP contribution in [-0.4, -0.2) is 76.3 Å². The molecule has 2 rings (SSSR count). The van der Waals surface area contributed by atoms with E-state index in [9.17, 15) is 14.7 Å². The van der Waals surface area contributed by atoms with Crippen LogP contribution in [0, 0.1) is 11.3 Å². The van der Waals surface area contributed by atoms with Crippen LogP contribution in [0.2, 0.25) is 36.3 Å². The molecule has 3 amide bonds. The summed E-state index contributed by atoms with van der Waals surface area (Å²) in [6, 6.07) is -0.490. The second kappa shape index (κ2) is 10.4. The van der Waals surface area contributed by atoms with Crippen LogP contribution in [0.4, 0.5) is 4.79 Å². The minimum absolute atomic E-state index is 0.0186. The second-order valence-electron chi connectivity index (χ2n) is 14.3. The van der Waals surface area contributed by atoms with E-state index in [1.54, 1.807) is 11.8 Å². The first kappa shape index (κ1) is 31.4. The van der Waals surface area contributed by atoms with E-state index in [-0.39, 0.29) is 34.7 Å². The predicted octanol–water partition coefficient (Wildman–Crippen LogP) is 5.09. The molecule has 2 unspecified atom stereocenters. The molecule has 2 saturated heterocycles. The van der Waals surface area contributed by atoms with E-state index < -0.39 is 46.3 Å². The zero-order valence-corrected chi connectivity index (χ0v) is 26.9. The molecular formula is C26H52N2O6Si2. The smallest absolute Gasteiger partial charge is 0.326 e. The highest BCUT2D eigenvalue weighted by atomic mass is 28.4. The van der Waals surface area contributed by atoms with E-state index in [0.717, 1.165) is 0 Å². The fourth-order valence-electron chi connectivity index (χ4n) is 4.23. The average Bonchev–Trinajstić information content (AvgIpc) is 3.08. The molecule has 5 atom stereocenters. The summed E-state index contributed by atoms with van der Waals surface area (Å²) >= 11 is 0. The molecule has 0 spiro atoms. The highest BCUT2D eigenvalue weighted by molar-refractivity contribution is 6.74. The summed E-state index contributed by atoms with van der Waals surface area (Å²) in [5, 5.41) is 13.4. The average molecular weight is 545 g/mol. The summed E-state index contributed by atoms with van der Waals surface area (Å²) in [6.07, 6.45) is -1.53. The first-order chi connectivity index (χ1) is 16.0. The molecule has 2 aliphatic heterocycles. The normalized spacial score (nSPS) is 29.6. The maximum absolute atomic E-state index is 13.0. The lowest BCUT2D eigenvalue weighted by Crippen LogP contribution is -2.65. The van der Waals surface area contributed by atoms with Crippen LogP contribution in [0.25, 0.3) is 0 Å². The van der Waals surface area contributed by atoms with Crippen molar-refractivity contribution in [3.05, 3.63) is 0 Å². The van der Waals surface area contributed by atoms with Gasteiger partial charge in [-0.3, -0.25) is 15.0 Å². The Bertz CT molecular complexity index is 820. The van der Waals surface area contributed by atoms with Crippen LogP contribution in [0.3, 0.4) is 0 Å². The van der Waals surface area contributed by atoms with Gasteiger partial charge in [-0.25, -0.2) is 4.79 Å². The SMILES string of the molecule is CC(C)C(O)C1(C)CN([C@H]2C[C@H](O[Si](C)(C)C(C)(C)C)[C@@H](CO[Si](C)(C)C(C)(C)C)O2)C(=O)NC1=O. The lowest BCUT2D eigenvalue weighted by atomic mass is 9.76. The van der Waals surface area contributed by atoms with Gasteiger partial charge in [0.05, 0.1) is 24.2 Å². The van der Waals surface area contributed by atoms with Crippen molar-refractivity contribution in [1.29, 1.82) is 0 Å². The zero-order chi connectivity index (χ0) is 28.1. The van der Waals surface area contributed by atoms with Gasteiger partial charge in [-0.2, -0.15) is 0 Å². The van der Waals surface area contributed by atoms with Gasteiger partial charge in [0.2, 0.25) is 5.91 Å². The van der Waals surface area contributed by atoms with Gasteiger partial charge in [0.15, 0.2) is 16.6 Å². The van der Waals surface area contributed by atoms with E-state index in [1.807, 2.05) is 13.8 Å². The Kier molecular flexibility index (Phi) is 9.09. The third kappa shape index (κ3) is 6.43. The van der Waals surface area contributed by atoms with Crippen molar-refractivity contribution < 1.29 is 28.3 Å². The highest BCUT2D eigenvalue weighted by Crippen LogP contribution is 2.42. The van der Waals surface area contributed by atoms with E-state index in [4.69, 9.17) is 13.6 Å². The summed E-state index contributed by atoms with van der Waals surface area (Å²) < 4.78 is 19.8. The number of carbonyl (C=O) groups excluding carboxylic acids is 2. The van der Waals surface area contributed by atoms with Crippen molar-refractivity contribution in [2.45, 2.75) is 130 Å². The molecule has 2 N–H and O–H groups in total. The van der Waals surface area contributed by atoms with Crippen molar-refractivity contribution in [2.75, 3.05) is 13.2 Å². The molecule has 10 heteroatoms. The van der Waals surface area contributed by atoms with Crippen molar-refractivity contribution in [1.82, 2.24) is 10.2 Å². The van der Waals surface area contributed by atoms with Gasteiger partial charge in [-0.05, 0) is 49.1 Å². The Morgan fingerprint density at radius 3 is 2.08 bits per heavy atom. The molecule has 0 aromatic rings. The largest absolute Gasteiger partial charge is 0.414 e. The van der Waals surface area contributed by atoms with Gasteiger partial charge in [0, 0.05) is 13.0 Å². The number of imide groups is 1. The summed E-state index contributed by atoms with van der Waals surface area (Å²) in [7, 11) is -4.16. The molecule has 210 valence electrons. The number of rotatable bonds is 8. The standard InChI is InChI=1S/C26H52N2O6Si2/c1-17(2)21(29)26(9)16-28(23(31)27-22(26)30)20-14-18(34-36(12,13)25(6,7)8)19(33-20)15-32-35(10,11)24(3,4)5/h17-21,29H,14-16H2,1-13H3,(H,27,30,31)/t18-,19+,20+,21?,26?/m0/s1. The van der Waals surface area contributed by atoms with Crippen molar-refractivity contribution in [3.8, 4) is 0 Å².